The van der Waals surface area contributed by atoms with Gasteiger partial charge in [-0.15, -0.1) is 0 Å². The average Bonchev–Trinajstić information content (AvgIpc) is 2.31. The fourth-order valence-corrected chi connectivity index (χ4v) is 1.45. The zero-order valence-corrected chi connectivity index (χ0v) is 10.2. The van der Waals surface area contributed by atoms with Crippen molar-refractivity contribution in [1.29, 1.82) is 0 Å². The highest BCUT2D eigenvalue weighted by Gasteiger charge is 2.12. The first-order valence-electron chi connectivity index (χ1n) is 5.81. The van der Waals surface area contributed by atoms with Crippen LogP contribution in [0.25, 0.3) is 0 Å². The molecule has 0 heterocycles. The Hall–Kier alpha value is -2.04. The molecule has 0 amide bonds. The molecule has 1 aromatic carbocycles. The molecule has 0 radical (unpaired) electrons. The second kappa shape index (κ2) is 6.64. The van der Waals surface area contributed by atoms with E-state index in [9.17, 15) is 14.7 Å². The number of ether oxygens (including phenoxy) is 1. The van der Waals surface area contributed by atoms with E-state index in [0.29, 0.717) is 6.42 Å². The van der Waals surface area contributed by atoms with Crippen LogP contribution in [0.4, 0.5) is 0 Å². The average molecular weight is 252 g/mol. The second-order valence-electron chi connectivity index (χ2n) is 3.92. The Balaban J connectivity index is 2.65. The summed E-state index contributed by atoms with van der Waals surface area (Å²) < 4.78 is 4.99. The number of benzene rings is 1. The lowest BCUT2D eigenvalue weighted by Gasteiger charge is -2.06. The van der Waals surface area contributed by atoms with E-state index in [1.54, 1.807) is 0 Å². The van der Waals surface area contributed by atoms with Crippen molar-refractivity contribution in [2.24, 2.45) is 0 Å². The SMILES string of the molecule is CCCCCC(=O)Oc1ccc(O)c(C(=O)O)c1. The smallest absolute Gasteiger partial charge is 0.339 e. The van der Waals surface area contributed by atoms with Gasteiger partial charge in [-0.3, -0.25) is 4.79 Å². The molecule has 0 aromatic heterocycles. The van der Waals surface area contributed by atoms with Crippen LogP contribution in [-0.4, -0.2) is 22.2 Å². The fraction of sp³-hybridized carbons (Fsp3) is 0.385. The van der Waals surface area contributed by atoms with Gasteiger partial charge in [0, 0.05) is 6.42 Å². The molecule has 1 rings (SSSR count). The molecule has 0 saturated heterocycles. The summed E-state index contributed by atoms with van der Waals surface area (Å²) in [6.45, 7) is 2.03. The summed E-state index contributed by atoms with van der Waals surface area (Å²) in [5.74, 6) is -1.89. The van der Waals surface area contributed by atoms with Crippen molar-refractivity contribution in [1.82, 2.24) is 0 Å². The predicted octanol–water partition coefficient (Wildman–Crippen LogP) is 2.58. The fourth-order valence-electron chi connectivity index (χ4n) is 1.45. The van der Waals surface area contributed by atoms with Crippen molar-refractivity contribution in [2.45, 2.75) is 32.6 Å². The Bertz CT molecular complexity index is 439. The molecule has 0 atom stereocenters. The first-order valence-corrected chi connectivity index (χ1v) is 5.81. The maximum Gasteiger partial charge on any atom is 0.339 e. The van der Waals surface area contributed by atoms with E-state index in [-0.39, 0.29) is 17.1 Å². The summed E-state index contributed by atoms with van der Waals surface area (Å²) in [5.41, 5.74) is -0.283. The Morgan fingerprint density at radius 3 is 2.61 bits per heavy atom. The summed E-state index contributed by atoms with van der Waals surface area (Å²) >= 11 is 0. The van der Waals surface area contributed by atoms with Crippen molar-refractivity contribution in [3.63, 3.8) is 0 Å². The van der Waals surface area contributed by atoms with E-state index >= 15 is 0 Å². The largest absolute Gasteiger partial charge is 0.507 e. The number of carboxylic acids is 1. The Labute approximate surface area is 105 Å². The van der Waals surface area contributed by atoms with Crippen molar-refractivity contribution < 1.29 is 24.5 Å². The molecular formula is C13H16O5. The second-order valence-corrected chi connectivity index (χ2v) is 3.92. The first kappa shape index (κ1) is 14.0. The van der Waals surface area contributed by atoms with Crippen LogP contribution in [0.2, 0.25) is 0 Å². The van der Waals surface area contributed by atoms with Gasteiger partial charge < -0.3 is 14.9 Å². The Kier molecular flexibility index (Phi) is 5.17. The number of hydrogen-bond donors (Lipinski definition) is 2. The van der Waals surface area contributed by atoms with Crippen LogP contribution in [0.5, 0.6) is 11.5 Å². The molecule has 0 aliphatic carbocycles. The van der Waals surface area contributed by atoms with Crippen LogP contribution in [0.15, 0.2) is 18.2 Å². The van der Waals surface area contributed by atoms with Crippen LogP contribution >= 0.6 is 0 Å². The molecule has 0 spiro atoms. The van der Waals surface area contributed by atoms with E-state index < -0.39 is 11.9 Å². The van der Waals surface area contributed by atoms with Crippen molar-refractivity contribution in [3.05, 3.63) is 23.8 Å². The molecule has 0 unspecified atom stereocenters. The molecule has 5 nitrogen and oxygen atoms in total. The zero-order chi connectivity index (χ0) is 13.5. The van der Waals surface area contributed by atoms with Gasteiger partial charge in [0.1, 0.15) is 17.1 Å². The molecule has 0 aliphatic rings. The molecule has 98 valence electrons. The summed E-state index contributed by atoms with van der Waals surface area (Å²) in [5, 5.41) is 18.1. The zero-order valence-electron chi connectivity index (χ0n) is 10.2. The van der Waals surface area contributed by atoms with Gasteiger partial charge in [-0.1, -0.05) is 19.8 Å². The molecule has 2 N–H and O–H groups in total. The normalized spacial score (nSPS) is 10.1. The van der Waals surface area contributed by atoms with Crippen molar-refractivity contribution in [2.75, 3.05) is 0 Å². The van der Waals surface area contributed by atoms with Crippen LogP contribution in [0, 0.1) is 0 Å². The Morgan fingerprint density at radius 1 is 1.28 bits per heavy atom. The maximum atomic E-state index is 11.4. The van der Waals surface area contributed by atoms with Crippen molar-refractivity contribution in [3.8, 4) is 11.5 Å². The number of esters is 1. The van der Waals surface area contributed by atoms with Gasteiger partial charge in [-0.2, -0.15) is 0 Å². The minimum atomic E-state index is -1.27. The lowest BCUT2D eigenvalue weighted by Crippen LogP contribution is -2.08. The van der Waals surface area contributed by atoms with Gasteiger partial charge in [-0.05, 0) is 24.6 Å². The number of phenols is 1. The molecule has 0 fully saturated rings. The molecule has 0 aliphatic heterocycles. The van der Waals surface area contributed by atoms with Crippen LogP contribution < -0.4 is 4.74 Å². The quantitative estimate of drug-likeness (QED) is 0.462. The van der Waals surface area contributed by atoms with E-state index in [2.05, 4.69) is 0 Å². The van der Waals surface area contributed by atoms with Gasteiger partial charge in [0.15, 0.2) is 0 Å². The van der Waals surface area contributed by atoms with E-state index in [1.165, 1.54) is 12.1 Å². The number of carboxylic acid groups (broad SMARTS) is 1. The maximum absolute atomic E-state index is 11.4. The number of hydrogen-bond acceptors (Lipinski definition) is 4. The van der Waals surface area contributed by atoms with E-state index in [1.807, 2.05) is 6.92 Å². The monoisotopic (exact) mass is 252 g/mol. The summed E-state index contributed by atoms with van der Waals surface area (Å²) in [7, 11) is 0. The van der Waals surface area contributed by atoms with Gasteiger partial charge in [0.25, 0.3) is 0 Å². The third-order valence-corrected chi connectivity index (χ3v) is 2.41. The number of aromatic hydroxyl groups is 1. The molecule has 1 aromatic rings. The van der Waals surface area contributed by atoms with E-state index in [4.69, 9.17) is 9.84 Å². The topological polar surface area (TPSA) is 83.8 Å². The van der Waals surface area contributed by atoms with Crippen LogP contribution in [0.1, 0.15) is 43.0 Å². The summed E-state index contributed by atoms with van der Waals surface area (Å²) in [4.78, 5) is 22.2. The van der Waals surface area contributed by atoms with Gasteiger partial charge in [-0.25, -0.2) is 4.79 Å². The number of unbranched alkanes of at least 4 members (excludes halogenated alkanes) is 2. The highest BCUT2D eigenvalue weighted by atomic mass is 16.5. The summed E-state index contributed by atoms with van der Waals surface area (Å²) in [6, 6.07) is 3.69. The van der Waals surface area contributed by atoms with Gasteiger partial charge in [0.2, 0.25) is 0 Å². The number of aromatic carboxylic acids is 1. The Morgan fingerprint density at radius 2 is 2.00 bits per heavy atom. The minimum Gasteiger partial charge on any atom is -0.507 e. The number of rotatable bonds is 6. The van der Waals surface area contributed by atoms with Gasteiger partial charge in [0.05, 0.1) is 0 Å². The molecule has 18 heavy (non-hydrogen) atoms. The lowest BCUT2D eigenvalue weighted by molar-refractivity contribution is -0.134. The minimum absolute atomic E-state index is 0.131. The van der Waals surface area contributed by atoms with E-state index in [0.717, 1.165) is 25.3 Å². The molecule has 0 bridgehead atoms. The third kappa shape index (κ3) is 4.08. The lowest BCUT2D eigenvalue weighted by atomic mass is 10.2. The highest BCUT2D eigenvalue weighted by molar-refractivity contribution is 5.91. The molecule has 0 saturated carbocycles. The predicted molar refractivity (Wildman–Crippen MR) is 64.8 cm³/mol. The standard InChI is InChI=1S/C13H16O5/c1-2-3-4-5-12(15)18-9-6-7-11(14)10(8-9)13(16)17/h6-8,14H,2-5H2,1H3,(H,16,17). The van der Waals surface area contributed by atoms with Crippen LogP contribution in [0.3, 0.4) is 0 Å². The highest BCUT2D eigenvalue weighted by Crippen LogP contribution is 2.23. The van der Waals surface area contributed by atoms with Crippen LogP contribution in [-0.2, 0) is 4.79 Å². The molecule has 5 heteroatoms. The third-order valence-electron chi connectivity index (χ3n) is 2.41. The first-order chi connectivity index (χ1) is 8.54. The van der Waals surface area contributed by atoms with Crippen molar-refractivity contribution >= 4 is 11.9 Å². The summed E-state index contributed by atoms with van der Waals surface area (Å²) in [6.07, 6.45) is 3.01. The number of carbonyl (C=O) groups excluding carboxylic acids is 1. The molecular weight excluding hydrogens is 236 g/mol. The number of carbonyl (C=O) groups is 2. The van der Waals surface area contributed by atoms with Gasteiger partial charge >= 0.3 is 11.9 Å².